The average Bonchev–Trinajstić information content (AvgIpc) is 2.59. The SMILES string of the molecule is CC[C@H](NC(=O)C1CCN(C(C)=O)CC1)c1ccccc1OC(F)F. The summed E-state index contributed by atoms with van der Waals surface area (Å²) in [6, 6.07) is 6.11. The normalized spacial score (nSPS) is 16.6. The molecule has 25 heavy (non-hydrogen) atoms. The average molecular weight is 354 g/mol. The van der Waals surface area contributed by atoms with E-state index in [-0.39, 0.29) is 23.5 Å². The molecular weight excluding hydrogens is 330 g/mol. The van der Waals surface area contributed by atoms with E-state index in [2.05, 4.69) is 10.1 Å². The van der Waals surface area contributed by atoms with Crippen LogP contribution in [0.4, 0.5) is 8.78 Å². The number of piperidine rings is 1. The molecule has 0 bridgehead atoms. The minimum Gasteiger partial charge on any atom is -0.434 e. The van der Waals surface area contributed by atoms with Crippen molar-refractivity contribution in [3.63, 3.8) is 0 Å². The third-order valence-electron chi connectivity index (χ3n) is 4.55. The van der Waals surface area contributed by atoms with Crippen LogP contribution in [0.5, 0.6) is 5.75 Å². The summed E-state index contributed by atoms with van der Waals surface area (Å²) in [5.41, 5.74) is 0.542. The molecule has 1 aliphatic rings. The fourth-order valence-electron chi connectivity index (χ4n) is 3.12. The van der Waals surface area contributed by atoms with Gasteiger partial charge in [0.05, 0.1) is 6.04 Å². The summed E-state index contributed by atoms with van der Waals surface area (Å²) in [6.45, 7) is 1.62. The Labute approximate surface area is 146 Å². The Bertz CT molecular complexity index is 602. The lowest BCUT2D eigenvalue weighted by molar-refractivity contribution is -0.134. The molecule has 1 aromatic carbocycles. The molecule has 1 atom stereocenters. The molecular formula is C18H24F2N2O3. The monoisotopic (exact) mass is 354 g/mol. The van der Waals surface area contributed by atoms with Gasteiger partial charge in [0.25, 0.3) is 0 Å². The fraction of sp³-hybridized carbons (Fsp3) is 0.556. The molecule has 5 nitrogen and oxygen atoms in total. The first-order chi connectivity index (χ1) is 11.9. The van der Waals surface area contributed by atoms with E-state index in [1.807, 2.05) is 6.92 Å². The molecule has 1 N–H and O–H groups in total. The van der Waals surface area contributed by atoms with Crippen LogP contribution in [0.2, 0.25) is 0 Å². The van der Waals surface area contributed by atoms with Crippen molar-refractivity contribution < 1.29 is 23.1 Å². The Morgan fingerprint density at radius 3 is 2.48 bits per heavy atom. The number of carbonyl (C=O) groups excluding carboxylic acids is 2. The third kappa shape index (κ3) is 5.14. The van der Waals surface area contributed by atoms with Crippen LogP contribution in [0.25, 0.3) is 0 Å². The number of nitrogens with one attached hydrogen (secondary N) is 1. The van der Waals surface area contributed by atoms with Gasteiger partial charge in [-0.3, -0.25) is 9.59 Å². The fourth-order valence-corrected chi connectivity index (χ4v) is 3.12. The summed E-state index contributed by atoms with van der Waals surface area (Å²) < 4.78 is 29.7. The van der Waals surface area contributed by atoms with Crippen LogP contribution in [0.3, 0.4) is 0 Å². The Morgan fingerprint density at radius 1 is 1.28 bits per heavy atom. The van der Waals surface area contributed by atoms with Crippen molar-refractivity contribution in [2.24, 2.45) is 5.92 Å². The number of hydrogen-bond acceptors (Lipinski definition) is 3. The number of ether oxygens (including phenoxy) is 1. The van der Waals surface area contributed by atoms with Crippen LogP contribution in [-0.4, -0.2) is 36.4 Å². The largest absolute Gasteiger partial charge is 0.434 e. The Morgan fingerprint density at radius 2 is 1.92 bits per heavy atom. The van der Waals surface area contributed by atoms with Crippen LogP contribution in [0.1, 0.15) is 44.7 Å². The molecule has 0 saturated carbocycles. The highest BCUT2D eigenvalue weighted by Gasteiger charge is 2.28. The first kappa shape index (κ1) is 19.1. The molecule has 7 heteroatoms. The summed E-state index contributed by atoms with van der Waals surface area (Å²) in [4.78, 5) is 25.6. The van der Waals surface area contributed by atoms with E-state index in [9.17, 15) is 18.4 Å². The zero-order valence-corrected chi connectivity index (χ0v) is 14.5. The number of likely N-dealkylation sites (tertiary alicyclic amines) is 1. The highest BCUT2D eigenvalue weighted by molar-refractivity contribution is 5.80. The smallest absolute Gasteiger partial charge is 0.387 e. The standard InChI is InChI=1S/C18H24F2N2O3/c1-3-15(14-6-4-5-7-16(14)25-18(19)20)21-17(24)13-8-10-22(11-9-13)12(2)23/h4-7,13,15,18H,3,8-11H2,1-2H3,(H,21,24)/t15-/m0/s1. The van der Waals surface area contributed by atoms with E-state index >= 15 is 0 Å². The Balaban J connectivity index is 2.03. The molecule has 1 fully saturated rings. The minimum atomic E-state index is -2.91. The first-order valence-corrected chi connectivity index (χ1v) is 8.52. The third-order valence-corrected chi connectivity index (χ3v) is 4.55. The van der Waals surface area contributed by atoms with Crippen molar-refractivity contribution in [3.8, 4) is 5.75 Å². The maximum absolute atomic E-state index is 12.6. The molecule has 138 valence electrons. The maximum atomic E-state index is 12.6. The summed E-state index contributed by atoms with van der Waals surface area (Å²) in [7, 11) is 0. The Hall–Kier alpha value is -2.18. The number of alkyl halides is 2. The second-order valence-electron chi connectivity index (χ2n) is 6.17. The van der Waals surface area contributed by atoms with Crippen LogP contribution in [0, 0.1) is 5.92 Å². The van der Waals surface area contributed by atoms with Gasteiger partial charge in [0.2, 0.25) is 11.8 Å². The van der Waals surface area contributed by atoms with Crippen molar-refractivity contribution >= 4 is 11.8 Å². The van der Waals surface area contributed by atoms with Gasteiger partial charge in [-0.25, -0.2) is 0 Å². The number of carbonyl (C=O) groups is 2. The summed E-state index contributed by atoms with van der Waals surface area (Å²) in [5, 5.41) is 2.94. The number of para-hydroxylation sites is 1. The number of hydrogen-bond donors (Lipinski definition) is 1. The topological polar surface area (TPSA) is 58.6 Å². The van der Waals surface area contributed by atoms with Crippen LogP contribution in [0.15, 0.2) is 24.3 Å². The van der Waals surface area contributed by atoms with Gasteiger partial charge in [0.15, 0.2) is 0 Å². The molecule has 1 saturated heterocycles. The molecule has 1 aromatic rings. The second-order valence-corrected chi connectivity index (χ2v) is 6.17. The number of halogens is 2. The van der Waals surface area contributed by atoms with Crippen LogP contribution < -0.4 is 10.1 Å². The molecule has 2 amide bonds. The summed E-state index contributed by atoms with van der Waals surface area (Å²) in [6.07, 6.45) is 1.77. The number of benzene rings is 1. The predicted molar refractivity (Wildman–Crippen MR) is 89.2 cm³/mol. The molecule has 1 aliphatic heterocycles. The number of nitrogens with zero attached hydrogens (tertiary/aromatic N) is 1. The highest BCUT2D eigenvalue weighted by atomic mass is 19.3. The molecule has 2 rings (SSSR count). The van der Waals surface area contributed by atoms with E-state index < -0.39 is 12.7 Å². The van der Waals surface area contributed by atoms with Gasteiger partial charge in [-0.05, 0) is 25.3 Å². The zero-order chi connectivity index (χ0) is 18.4. The van der Waals surface area contributed by atoms with Gasteiger partial charge in [0, 0.05) is 31.5 Å². The lowest BCUT2D eigenvalue weighted by Gasteiger charge is -2.31. The lowest BCUT2D eigenvalue weighted by atomic mass is 9.94. The van der Waals surface area contributed by atoms with E-state index in [0.29, 0.717) is 37.9 Å². The van der Waals surface area contributed by atoms with Crippen LogP contribution in [-0.2, 0) is 9.59 Å². The van der Waals surface area contributed by atoms with Gasteiger partial charge < -0.3 is 15.0 Å². The number of rotatable bonds is 6. The number of amides is 2. The van der Waals surface area contributed by atoms with E-state index in [1.165, 1.54) is 13.0 Å². The van der Waals surface area contributed by atoms with Gasteiger partial charge in [0.1, 0.15) is 5.75 Å². The van der Waals surface area contributed by atoms with Crippen LogP contribution >= 0.6 is 0 Å². The maximum Gasteiger partial charge on any atom is 0.387 e. The quantitative estimate of drug-likeness (QED) is 0.854. The zero-order valence-electron chi connectivity index (χ0n) is 14.5. The highest BCUT2D eigenvalue weighted by Crippen LogP contribution is 2.29. The van der Waals surface area contributed by atoms with Crippen molar-refractivity contribution in [1.82, 2.24) is 10.2 Å². The molecule has 0 radical (unpaired) electrons. The second kappa shape index (κ2) is 8.78. The molecule has 0 unspecified atom stereocenters. The van der Waals surface area contributed by atoms with E-state index in [1.54, 1.807) is 23.1 Å². The van der Waals surface area contributed by atoms with Crippen molar-refractivity contribution in [2.75, 3.05) is 13.1 Å². The van der Waals surface area contributed by atoms with Crippen molar-refractivity contribution in [1.29, 1.82) is 0 Å². The van der Waals surface area contributed by atoms with Crippen molar-refractivity contribution in [3.05, 3.63) is 29.8 Å². The van der Waals surface area contributed by atoms with Gasteiger partial charge >= 0.3 is 6.61 Å². The summed E-state index contributed by atoms with van der Waals surface area (Å²) >= 11 is 0. The van der Waals surface area contributed by atoms with Gasteiger partial charge in [-0.15, -0.1) is 0 Å². The summed E-state index contributed by atoms with van der Waals surface area (Å²) in [5.74, 6) is -0.186. The van der Waals surface area contributed by atoms with E-state index in [0.717, 1.165) is 0 Å². The lowest BCUT2D eigenvalue weighted by Crippen LogP contribution is -2.43. The van der Waals surface area contributed by atoms with E-state index in [4.69, 9.17) is 0 Å². The molecule has 1 heterocycles. The molecule has 0 spiro atoms. The van der Waals surface area contributed by atoms with Gasteiger partial charge in [-0.2, -0.15) is 8.78 Å². The van der Waals surface area contributed by atoms with Gasteiger partial charge in [-0.1, -0.05) is 25.1 Å². The predicted octanol–water partition coefficient (Wildman–Crippen LogP) is 3.11. The Kier molecular flexibility index (Phi) is 6.73. The first-order valence-electron chi connectivity index (χ1n) is 8.52. The molecule has 0 aromatic heterocycles. The molecule has 0 aliphatic carbocycles. The minimum absolute atomic E-state index is 0.0170. The van der Waals surface area contributed by atoms with Crippen molar-refractivity contribution in [2.45, 2.75) is 45.8 Å².